The predicted molar refractivity (Wildman–Crippen MR) is 95.7 cm³/mol. The van der Waals surface area contributed by atoms with Crippen molar-refractivity contribution < 1.29 is 14.6 Å². The Morgan fingerprint density at radius 3 is 2.26 bits per heavy atom. The molecule has 0 spiro atoms. The van der Waals surface area contributed by atoms with Crippen molar-refractivity contribution in [1.82, 2.24) is 4.90 Å². The van der Waals surface area contributed by atoms with Crippen LogP contribution in [0.15, 0.2) is 0 Å². The lowest BCUT2D eigenvalue weighted by molar-refractivity contribution is -0.109. The Morgan fingerprint density at radius 1 is 1.04 bits per heavy atom. The molecule has 1 saturated heterocycles. The Kier molecular flexibility index (Phi) is 12.9. The second-order valence-electron chi connectivity index (χ2n) is 6.88. The zero-order chi connectivity index (χ0) is 16.8. The minimum Gasteiger partial charge on any atom is -0.379 e. The first kappa shape index (κ1) is 20.9. The first-order valence-corrected chi connectivity index (χ1v) is 9.85. The lowest BCUT2D eigenvalue weighted by atomic mass is 10.1. The van der Waals surface area contributed by atoms with E-state index < -0.39 is 0 Å². The van der Waals surface area contributed by atoms with Crippen LogP contribution in [0.5, 0.6) is 0 Å². The van der Waals surface area contributed by atoms with Crippen LogP contribution in [-0.4, -0.2) is 55.2 Å². The maximum atomic E-state index is 9.60. The molecule has 138 valence electrons. The van der Waals surface area contributed by atoms with Gasteiger partial charge in [-0.15, -0.1) is 0 Å². The number of nitrogens with zero attached hydrogens (tertiary/aromatic N) is 1. The zero-order valence-corrected chi connectivity index (χ0v) is 15.5. The summed E-state index contributed by atoms with van der Waals surface area (Å²) in [6.45, 7) is 7.85. The van der Waals surface area contributed by atoms with Gasteiger partial charge >= 0.3 is 0 Å². The lowest BCUT2D eigenvalue weighted by Gasteiger charge is -2.34. The minimum atomic E-state index is -0.386. The van der Waals surface area contributed by atoms with Gasteiger partial charge in [0.15, 0.2) is 0 Å². The number of morpholine rings is 1. The van der Waals surface area contributed by atoms with E-state index in [1.54, 1.807) is 0 Å². The molecule has 4 nitrogen and oxygen atoms in total. The molecule has 1 aliphatic rings. The highest BCUT2D eigenvalue weighted by atomic mass is 16.5. The highest BCUT2D eigenvalue weighted by molar-refractivity contribution is 4.71. The normalized spacial score (nSPS) is 20.7. The van der Waals surface area contributed by atoms with Crippen LogP contribution in [-0.2, 0) is 9.47 Å². The molecule has 0 aromatic rings. The third-order valence-corrected chi connectivity index (χ3v) is 4.64. The SMILES string of the molecule is CCCCCCCCCCCCOCC1CN(C(C)O)CCO1. The molecule has 0 aliphatic carbocycles. The molecule has 0 aromatic carbocycles. The Hall–Kier alpha value is -0.160. The maximum absolute atomic E-state index is 9.60. The Balaban J connectivity index is 1.83. The van der Waals surface area contributed by atoms with Crippen LogP contribution < -0.4 is 0 Å². The number of ether oxygens (including phenoxy) is 2. The molecule has 0 radical (unpaired) electrons. The average molecular weight is 330 g/mol. The van der Waals surface area contributed by atoms with E-state index in [2.05, 4.69) is 6.92 Å². The van der Waals surface area contributed by atoms with Crippen molar-refractivity contribution in [2.45, 2.75) is 90.4 Å². The van der Waals surface area contributed by atoms with E-state index in [0.29, 0.717) is 13.2 Å². The van der Waals surface area contributed by atoms with Crippen LogP contribution >= 0.6 is 0 Å². The summed E-state index contributed by atoms with van der Waals surface area (Å²) in [6, 6.07) is 0. The number of unbranched alkanes of at least 4 members (excludes halogenated alkanes) is 9. The molecule has 1 rings (SSSR count). The number of rotatable bonds is 14. The number of hydrogen-bond donors (Lipinski definition) is 1. The molecular weight excluding hydrogens is 290 g/mol. The standard InChI is InChI=1S/C19H39NO3/c1-3-4-5-6-7-8-9-10-11-12-14-22-17-19-16-20(18(2)21)13-15-23-19/h18-19,21H,3-17H2,1-2H3. The number of aliphatic hydroxyl groups is 1. The lowest BCUT2D eigenvalue weighted by Crippen LogP contribution is -2.48. The molecule has 2 unspecified atom stereocenters. The predicted octanol–water partition coefficient (Wildman–Crippen LogP) is 3.96. The fourth-order valence-electron chi connectivity index (χ4n) is 3.09. The van der Waals surface area contributed by atoms with E-state index >= 15 is 0 Å². The molecule has 0 aromatic heterocycles. The summed E-state index contributed by atoms with van der Waals surface area (Å²) in [5.41, 5.74) is 0. The molecule has 1 fully saturated rings. The Labute approximate surface area is 143 Å². The topological polar surface area (TPSA) is 41.9 Å². The Morgan fingerprint density at radius 2 is 1.65 bits per heavy atom. The summed E-state index contributed by atoms with van der Waals surface area (Å²) in [5, 5.41) is 9.60. The molecule has 23 heavy (non-hydrogen) atoms. The summed E-state index contributed by atoms with van der Waals surface area (Å²) in [6.07, 6.45) is 13.3. The van der Waals surface area contributed by atoms with Gasteiger partial charge < -0.3 is 14.6 Å². The van der Waals surface area contributed by atoms with Crippen molar-refractivity contribution in [1.29, 1.82) is 0 Å². The molecular formula is C19H39NO3. The molecule has 0 saturated carbocycles. The zero-order valence-electron chi connectivity index (χ0n) is 15.5. The smallest absolute Gasteiger partial charge is 0.104 e. The van der Waals surface area contributed by atoms with Gasteiger partial charge in [0, 0.05) is 19.7 Å². The van der Waals surface area contributed by atoms with Crippen molar-refractivity contribution in [3.8, 4) is 0 Å². The second kappa shape index (κ2) is 14.2. The van der Waals surface area contributed by atoms with Gasteiger partial charge in [0.05, 0.1) is 19.3 Å². The fourth-order valence-corrected chi connectivity index (χ4v) is 3.09. The van der Waals surface area contributed by atoms with Crippen LogP contribution in [0.1, 0.15) is 78.1 Å². The molecule has 1 N–H and O–H groups in total. The van der Waals surface area contributed by atoms with Gasteiger partial charge in [0.1, 0.15) is 6.23 Å². The number of aliphatic hydroxyl groups excluding tert-OH is 1. The van der Waals surface area contributed by atoms with Gasteiger partial charge in [-0.3, -0.25) is 4.90 Å². The third-order valence-electron chi connectivity index (χ3n) is 4.64. The summed E-state index contributed by atoms with van der Waals surface area (Å²) in [5.74, 6) is 0. The van der Waals surface area contributed by atoms with Crippen LogP contribution in [0.4, 0.5) is 0 Å². The summed E-state index contributed by atoms with van der Waals surface area (Å²) < 4.78 is 11.4. The highest BCUT2D eigenvalue weighted by Crippen LogP contribution is 2.11. The Bertz CT molecular complexity index is 261. The third kappa shape index (κ3) is 11.1. The maximum Gasteiger partial charge on any atom is 0.104 e. The van der Waals surface area contributed by atoms with E-state index in [0.717, 1.165) is 26.1 Å². The monoisotopic (exact) mass is 329 g/mol. The first-order chi connectivity index (χ1) is 11.2. The first-order valence-electron chi connectivity index (χ1n) is 9.85. The van der Waals surface area contributed by atoms with E-state index in [1.807, 2.05) is 11.8 Å². The van der Waals surface area contributed by atoms with E-state index in [9.17, 15) is 5.11 Å². The highest BCUT2D eigenvalue weighted by Gasteiger charge is 2.22. The van der Waals surface area contributed by atoms with Crippen LogP contribution in [0, 0.1) is 0 Å². The van der Waals surface area contributed by atoms with Gasteiger partial charge in [0.25, 0.3) is 0 Å². The quantitative estimate of drug-likeness (QED) is 0.490. The van der Waals surface area contributed by atoms with Crippen molar-refractivity contribution in [2.24, 2.45) is 0 Å². The van der Waals surface area contributed by atoms with Gasteiger partial charge in [-0.25, -0.2) is 0 Å². The fraction of sp³-hybridized carbons (Fsp3) is 1.00. The van der Waals surface area contributed by atoms with Crippen LogP contribution in [0.25, 0.3) is 0 Å². The minimum absolute atomic E-state index is 0.112. The van der Waals surface area contributed by atoms with E-state index in [4.69, 9.17) is 9.47 Å². The van der Waals surface area contributed by atoms with Crippen molar-refractivity contribution >= 4 is 0 Å². The van der Waals surface area contributed by atoms with E-state index in [1.165, 1.54) is 57.8 Å². The van der Waals surface area contributed by atoms with E-state index in [-0.39, 0.29) is 12.3 Å². The molecule has 0 amide bonds. The molecule has 0 bridgehead atoms. The number of hydrogen-bond acceptors (Lipinski definition) is 4. The molecule has 2 atom stereocenters. The van der Waals surface area contributed by atoms with Crippen LogP contribution in [0.3, 0.4) is 0 Å². The largest absolute Gasteiger partial charge is 0.379 e. The van der Waals surface area contributed by atoms with Crippen molar-refractivity contribution in [3.05, 3.63) is 0 Å². The summed E-state index contributed by atoms with van der Waals surface area (Å²) in [7, 11) is 0. The van der Waals surface area contributed by atoms with Crippen molar-refractivity contribution in [3.63, 3.8) is 0 Å². The van der Waals surface area contributed by atoms with Gasteiger partial charge in [-0.1, -0.05) is 64.7 Å². The average Bonchev–Trinajstić information content (AvgIpc) is 2.56. The molecule has 1 aliphatic heterocycles. The van der Waals surface area contributed by atoms with Gasteiger partial charge in [-0.2, -0.15) is 0 Å². The second-order valence-corrected chi connectivity index (χ2v) is 6.88. The summed E-state index contributed by atoms with van der Waals surface area (Å²) in [4.78, 5) is 2.04. The van der Waals surface area contributed by atoms with Gasteiger partial charge in [0.2, 0.25) is 0 Å². The summed E-state index contributed by atoms with van der Waals surface area (Å²) >= 11 is 0. The molecule has 1 heterocycles. The van der Waals surface area contributed by atoms with Crippen LogP contribution in [0.2, 0.25) is 0 Å². The molecule has 4 heteroatoms. The van der Waals surface area contributed by atoms with Gasteiger partial charge in [-0.05, 0) is 13.3 Å². The van der Waals surface area contributed by atoms with Crippen molar-refractivity contribution in [2.75, 3.05) is 32.9 Å².